The minimum absolute atomic E-state index is 0.147. The molecule has 0 bridgehead atoms. The number of carbonyl (C=O) groups excluding carboxylic acids is 1. The molecule has 2 atom stereocenters. The number of hydrogen-bond acceptors (Lipinski definition) is 2. The molecule has 1 aliphatic rings. The molecule has 3 nitrogen and oxygen atoms in total. The summed E-state index contributed by atoms with van der Waals surface area (Å²) in [5.74, 6) is -0.239. The smallest absolute Gasteiger partial charge is 0.252 e. The number of benzene rings is 1. The van der Waals surface area contributed by atoms with Gasteiger partial charge in [-0.15, -0.1) is 0 Å². The number of halogens is 2. The molecular formula is C13H16BrFN2O. The van der Waals surface area contributed by atoms with Gasteiger partial charge in [0.15, 0.2) is 0 Å². The predicted molar refractivity (Wildman–Crippen MR) is 72.0 cm³/mol. The highest BCUT2D eigenvalue weighted by Crippen LogP contribution is 2.19. The summed E-state index contributed by atoms with van der Waals surface area (Å²) in [6.07, 6.45) is 0.903. The Morgan fingerprint density at radius 1 is 1.56 bits per heavy atom. The van der Waals surface area contributed by atoms with Crippen molar-refractivity contribution in [2.75, 3.05) is 13.1 Å². The Morgan fingerprint density at radius 2 is 2.33 bits per heavy atom. The first-order valence-electron chi connectivity index (χ1n) is 6.04. The monoisotopic (exact) mass is 314 g/mol. The Bertz CT molecular complexity index is 453. The van der Waals surface area contributed by atoms with E-state index in [9.17, 15) is 9.18 Å². The summed E-state index contributed by atoms with van der Waals surface area (Å²) in [5.41, 5.74) is 0.348. The van der Waals surface area contributed by atoms with Gasteiger partial charge in [0.05, 0.1) is 5.56 Å². The van der Waals surface area contributed by atoms with E-state index >= 15 is 0 Å². The molecule has 1 saturated heterocycles. The van der Waals surface area contributed by atoms with Gasteiger partial charge in [0, 0.05) is 10.5 Å². The highest BCUT2D eigenvalue weighted by Gasteiger charge is 2.23. The quantitative estimate of drug-likeness (QED) is 0.879. The molecule has 1 aromatic carbocycles. The van der Waals surface area contributed by atoms with Crippen LogP contribution in [0.15, 0.2) is 22.7 Å². The van der Waals surface area contributed by atoms with Crippen molar-refractivity contribution < 1.29 is 9.18 Å². The van der Waals surface area contributed by atoms with Gasteiger partial charge in [-0.05, 0) is 59.6 Å². The first-order chi connectivity index (χ1) is 8.58. The molecule has 98 valence electrons. The van der Waals surface area contributed by atoms with Crippen molar-refractivity contribution in [2.24, 2.45) is 5.92 Å². The summed E-state index contributed by atoms with van der Waals surface area (Å²) < 4.78 is 13.8. The number of amides is 1. The fraction of sp³-hybridized carbons (Fsp3) is 0.462. The standard InChI is InChI=1S/C13H16BrFN2O/c1-8-7-16-5-4-12(8)17-13(18)10-6-9(15)2-3-11(10)14/h2-3,6,8,12,16H,4-5,7H2,1H3,(H,17,18). The molecule has 2 N–H and O–H groups in total. The van der Waals surface area contributed by atoms with Gasteiger partial charge in [0.1, 0.15) is 5.82 Å². The molecule has 18 heavy (non-hydrogen) atoms. The van der Waals surface area contributed by atoms with Crippen LogP contribution in [0.2, 0.25) is 0 Å². The summed E-state index contributed by atoms with van der Waals surface area (Å²) in [6, 6.07) is 4.28. The molecule has 2 rings (SSSR count). The van der Waals surface area contributed by atoms with Crippen LogP contribution in [0, 0.1) is 11.7 Å². The van der Waals surface area contributed by atoms with Crippen molar-refractivity contribution in [1.82, 2.24) is 10.6 Å². The van der Waals surface area contributed by atoms with Crippen molar-refractivity contribution in [3.63, 3.8) is 0 Å². The average Bonchev–Trinajstić information content (AvgIpc) is 2.35. The van der Waals surface area contributed by atoms with Crippen LogP contribution in [0.3, 0.4) is 0 Å². The minimum atomic E-state index is -0.401. The highest BCUT2D eigenvalue weighted by atomic mass is 79.9. The molecule has 1 amide bonds. The van der Waals surface area contributed by atoms with Crippen molar-refractivity contribution in [2.45, 2.75) is 19.4 Å². The third-order valence-electron chi connectivity index (χ3n) is 3.27. The van der Waals surface area contributed by atoms with Crippen LogP contribution in [0.4, 0.5) is 4.39 Å². The van der Waals surface area contributed by atoms with Crippen LogP contribution in [-0.4, -0.2) is 25.0 Å². The Hall–Kier alpha value is -0.940. The maximum atomic E-state index is 13.2. The molecule has 2 unspecified atom stereocenters. The van der Waals surface area contributed by atoms with Crippen LogP contribution >= 0.6 is 15.9 Å². The number of rotatable bonds is 2. The minimum Gasteiger partial charge on any atom is -0.349 e. The fourth-order valence-electron chi connectivity index (χ4n) is 2.15. The molecule has 1 heterocycles. The fourth-order valence-corrected chi connectivity index (χ4v) is 2.57. The van der Waals surface area contributed by atoms with Gasteiger partial charge in [0.2, 0.25) is 0 Å². The molecular weight excluding hydrogens is 299 g/mol. The van der Waals surface area contributed by atoms with Crippen molar-refractivity contribution in [3.05, 3.63) is 34.1 Å². The molecule has 1 fully saturated rings. The third-order valence-corrected chi connectivity index (χ3v) is 3.97. The molecule has 1 aromatic rings. The second-order valence-electron chi connectivity index (χ2n) is 4.67. The number of piperidine rings is 1. The van der Waals surface area contributed by atoms with E-state index in [-0.39, 0.29) is 11.9 Å². The summed E-state index contributed by atoms with van der Waals surface area (Å²) in [4.78, 5) is 12.1. The van der Waals surface area contributed by atoms with E-state index < -0.39 is 5.82 Å². The lowest BCUT2D eigenvalue weighted by Gasteiger charge is -2.30. The zero-order valence-corrected chi connectivity index (χ0v) is 11.8. The van der Waals surface area contributed by atoms with Crippen LogP contribution < -0.4 is 10.6 Å². The maximum Gasteiger partial charge on any atom is 0.252 e. The average molecular weight is 315 g/mol. The van der Waals surface area contributed by atoms with E-state index in [1.165, 1.54) is 12.1 Å². The summed E-state index contributed by atoms with van der Waals surface area (Å²) >= 11 is 3.27. The lowest BCUT2D eigenvalue weighted by molar-refractivity contribution is 0.0913. The van der Waals surface area contributed by atoms with Crippen LogP contribution in [0.1, 0.15) is 23.7 Å². The number of carbonyl (C=O) groups is 1. The molecule has 0 aromatic heterocycles. The zero-order chi connectivity index (χ0) is 13.1. The first kappa shape index (κ1) is 13.5. The lowest BCUT2D eigenvalue weighted by atomic mass is 9.95. The normalized spacial score (nSPS) is 23.7. The van der Waals surface area contributed by atoms with E-state index in [0.29, 0.717) is 16.0 Å². The van der Waals surface area contributed by atoms with Gasteiger partial charge in [-0.3, -0.25) is 4.79 Å². The molecule has 0 aliphatic carbocycles. The molecule has 5 heteroatoms. The predicted octanol–water partition coefficient (Wildman–Crippen LogP) is 2.32. The topological polar surface area (TPSA) is 41.1 Å². The van der Waals surface area contributed by atoms with Crippen molar-refractivity contribution >= 4 is 21.8 Å². The zero-order valence-electron chi connectivity index (χ0n) is 10.2. The van der Waals surface area contributed by atoms with Crippen LogP contribution in [0.25, 0.3) is 0 Å². The van der Waals surface area contributed by atoms with Gasteiger partial charge in [-0.1, -0.05) is 6.92 Å². The SMILES string of the molecule is CC1CNCCC1NC(=O)c1cc(F)ccc1Br. The van der Waals surface area contributed by atoms with Crippen LogP contribution in [0.5, 0.6) is 0 Å². The van der Waals surface area contributed by atoms with E-state index in [1.807, 2.05) is 0 Å². The second-order valence-corrected chi connectivity index (χ2v) is 5.53. The van der Waals surface area contributed by atoms with E-state index in [4.69, 9.17) is 0 Å². The first-order valence-corrected chi connectivity index (χ1v) is 6.84. The maximum absolute atomic E-state index is 13.2. The molecule has 0 radical (unpaired) electrons. The summed E-state index contributed by atoms with van der Waals surface area (Å²) in [6.45, 7) is 3.90. The van der Waals surface area contributed by atoms with E-state index in [2.05, 4.69) is 33.5 Å². The van der Waals surface area contributed by atoms with E-state index in [1.54, 1.807) is 6.07 Å². The largest absolute Gasteiger partial charge is 0.349 e. The van der Waals surface area contributed by atoms with Gasteiger partial charge in [-0.2, -0.15) is 0 Å². The van der Waals surface area contributed by atoms with Gasteiger partial charge in [0.25, 0.3) is 5.91 Å². The van der Waals surface area contributed by atoms with Crippen molar-refractivity contribution in [3.8, 4) is 0 Å². The molecule has 0 spiro atoms. The highest BCUT2D eigenvalue weighted by molar-refractivity contribution is 9.10. The van der Waals surface area contributed by atoms with Crippen LogP contribution in [-0.2, 0) is 0 Å². The molecule has 0 saturated carbocycles. The van der Waals surface area contributed by atoms with Gasteiger partial charge in [-0.25, -0.2) is 4.39 Å². The summed E-state index contributed by atoms with van der Waals surface area (Å²) in [5, 5.41) is 6.25. The Kier molecular flexibility index (Phi) is 4.35. The summed E-state index contributed by atoms with van der Waals surface area (Å²) in [7, 11) is 0. The number of hydrogen-bond donors (Lipinski definition) is 2. The Morgan fingerprint density at radius 3 is 3.06 bits per heavy atom. The molecule has 1 aliphatic heterocycles. The van der Waals surface area contributed by atoms with Crippen molar-refractivity contribution in [1.29, 1.82) is 0 Å². The lowest BCUT2D eigenvalue weighted by Crippen LogP contribution is -2.48. The second kappa shape index (κ2) is 5.80. The third kappa shape index (κ3) is 3.09. The van der Waals surface area contributed by atoms with E-state index in [0.717, 1.165) is 19.5 Å². The van der Waals surface area contributed by atoms with Gasteiger partial charge < -0.3 is 10.6 Å². The Labute approximate surface area is 114 Å². The number of nitrogens with one attached hydrogen (secondary N) is 2. The van der Waals surface area contributed by atoms with Gasteiger partial charge >= 0.3 is 0 Å². The Balaban J connectivity index is 2.09.